The van der Waals surface area contributed by atoms with Crippen LogP contribution in [-0.2, 0) is 24.3 Å². The molecule has 1 aromatic carbocycles. The van der Waals surface area contributed by atoms with Crippen LogP contribution in [0.5, 0.6) is 0 Å². The Morgan fingerprint density at radius 3 is 2.76 bits per heavy atom. The van der Waals surface area contributed by atoms with Crippen molar-refractivity contribution in [1.29, 1.82) is 0 Å². The van der Waals surface area contributed by atoms with Crippen LogP contribution >= 0.6 is 11.8 Å². The summed E-state index contributed by atoms with van der Waals surface area (Å²) in [5.74, 6) is 0.0933. The summed E-state index contributed by atoms with van der Waals surface area (Å²) in [5, 5.41) is 23.2. The third-order valence-electron chi connectivity index (χ3n) is 4.41. The van der Waals surface area contributed by atoms with Crippen LogP contribution in [0.4, 0.5) is 0 Å². The molecule has 0 saturated carbocycles. The summed E-state index contributed by atoms with van der Waals surface area (Å²) in [6.45, 7) is 1.53. The van der Waals surface area contributed by atoms with Gasteiger partial charge < -0.3 is 15.1 Å². The van der Waals surface area contributed by atoms with E-state index in [2.05, 4.69) is 5.10 Å². The van der Waals surface area contributed by atoms with Crippen molar-refractivity contribution in [2.24, 2.45) is 0 Å². The highest BCUT2D eigenvalue weighted by molar-refractivity contribution is 7.98. The number of thioether (sulfide) groups is 1. The molecule has 0 bridgehead atoms. The van der Waals surface area contributed by atoms with Crippen LogP contribution in [0.1, 0.15) is 29.5 Å². The molecule has 3 rings (SSSR count). The third kappa shape index (κ3) is 4.23. The lowest BCUT2D eigenvalue weighted by Crippen LogP contribution is -2.32. The molecule has 1 unspecified atom stereocenters. The fraction of sp³-hybridized carbons (Fsp3) is 0.444. The number of fused-ring (bicyclic) bond motifs is 1. The fourth-order valence-electron chi connectivity index (χ4n) is 2.98. The largest absolute Gasteiger partial charge is 0.393 e. The number of aliphatic hydroxyl groups excluding tert-OH is 2. The minimum atomic E-state index is -0.974. The SMILES string of the molecule is CSc1ccc(CC(=O)N2CCCn3nc(C(O)CO)cc3C2)cc1. The van der Waals surface area contributed by atoms with Crippen LogP contribution in [0.25, 0.3) is 0 Å². The van der Waals surface area contributed by atoms with E-state index in [0.29, 0.717) is 31.7 Å². The molecule has 2 heterocycles. The molecule has 2 aromatic rings. The average Bonchev–Trinajstić information content (AvgIpc) is 2.93. The first-order valence-corrected chi connectivity index (χ1v) is 9.59. The number of carbonyl (C=O) groups is 1. The highest BCUT2D eigenvalue weighted by Gasteiger charge is 2.22. The quantitative estimate of drug-likeness (QED) is 0.791. The summed E-state index contributed by atoms with van der Waals surface area (Å²) >= 11 is 1.68. The standard InChI is InChI=1S/C18H23N3O3S/c1-25-15-5-3-13(4-6-15)9-18(24)20-7-2-8-21-14(11-20)10-16(19-21)17(23)12-22/h3-6,10,17,22-23H,2,7-9,11-12H2,1H3. The van der Waals surface area contributed by atoms with Crippen molar-refractivity contribution in [3.8, 4) is 0 Å². The van der Waals surface area contributed by atoms with E-state index in [-0.39, 0.29) is 12.5 Å². The Labute approximate surface area is 151 Å². The van der Waals surface area contributed by atoms with Crippen LogP contribution < -0.4 is 0 Å². The molecule has 1 atom stereocenters. The van der Waals surface area contributed by atoms with Crippen molar-refractivity contribution >= 4 is 17.7 Å². The predicted octanol–water partition coefficient (Wildman–Crippen LogP) is 1.61. The molecule has 134 valence electrons. The van der Waals surface area contributed by atoms with E-state index < -0.39 is 6.10 Å². The molecule has 0 radical (unpaired) electrons. The maximum absolute atomic E-state index is 12.7. The summed E-state index contributed by atoms with van der Waals surface area (Å²) in [4.78, 5) is 15.7. The highest BCUT2D eigenvalue weighted by atomic mass is 32.2. The topological polar surface area (TPSA) is 78.6 Å². The van der Waals surface area contributed by atoms with Gasteiger partial charge in [0, 0.05) is 18.0 Å². The second-order valence-electron chi connectivity index (χ2n) is 6.18. The number of nitrogens with zero attached hydrogens (tertiary/aromatic N) is 3. The normalized spacial score (nSPS) is 15.6. The molecule has 1 amide bonds. The van der Waals surface area contributed by atoms with Crippen molar-refractivity contribution in [3.05, 3.63) is 47.3 Å². The van der Waals surface area contributed by atoms with E-state index in [1.54, 1.807) is 17.8 Å². The van der Waals surface area contributed by atoms with Crippen molar-refractivity contribution in [1.82, 2.24) is 14.7 Å². The minimum Gasteiger partial charge on any atom is -0.393 e. The molecule has 1 aromatic heterocycles. The fourth-order valence-corrected chi connectivity index (χ4v) is 3.39. The molecular formula is C18H23N3O3S. The zero-order valence-electron chi connectivity index (χ0n) is 14.3. The number of hydrogen-bond acceptors (Lipinski definition) is 5. The zero-order valence-corrected chi connectivity index (χ0v) is 15.1. The third-order valence-corrected chi connectivity index (χ3v) is 5.16. The lowest BCUT2D eigenvalue weighted by atomic mass is 10.1. The van der Waals surface area contributed by atoms with Crippen LogP contribution in [-0.4, -0.2) is 50.2 Å². The van der Waals surface area contributed by atoms with Gasteiger partial charge >= 0.3 is 0 Å². The highest BCUT2D eigenvalue weighted by Crippen LogP contribution is 2.19. The van der Waals surface area contributed by atoms with Gasteiger partial charge in [0.25, 0.3) is 0 Å². The first-order valence-electron chi connectivity index (χ1n) is 8.37. The first kappa shape index (κ1) is 18.0. The van der Waals surface area contributed by atoms with E-state index in [1.165, 1.54) is 4.90 Å². The van der Waals surface area contributed by atoms with Crippen molar-refractivity contribution < 1.29 is 15.0 Å². The number of aliphatic hydroxyl groups is 2. The summed E-state index contributed by atoms with van der Waals surface area (Å²) < 4.78 is 1.83. The zero-order chi connectivity index (χ0) is 17.8. The Kier molecular flexibility index (Phi) is 5.78. The van der Waals surface area contributed by atoms with Crippen molar-refractivity contribution in [3.63, 3.8) is 0 Å². The van der Waals surface area contributed by atoms with E-state index in [4.69, 9.17) is 5.11 Å². The number of benzene rings is 1. The molecule has 0 aliphatic carbocycles. The maximum Gasteiger partial charge on any atom is 0.227 e. The average molecular weight is 361 g/mol. The van der Waals surface area contributed by atoms with Crippen molar-refractivity contribution in [2.45, 2.75) is 36.9 Å². The summed E-state index contributed by atoms with van der Waals surface area (Å²) in [6, 6.07) is 9.85. The monoisotopic (exact) mass is 361 g/mol. The molecule has 2 N–H and O–H groups in total. The number of hydrogen-bond donors (Lipinski definition) is 2. The summed E-state index contributed by atoms with van der Waals surface area (Å²) in [7, 11) is 0. The molecule has 0 saturated heterocycles. The first-order chi connectivity index (χ1) is 12.1. The van der Waals surface area contributed by atoms with Crippen molar-refractivity contribution in [2.75, 3.05) is 19.4 Å². The smallest absolute Gasteiger partial charge is 0.227 e. The molecule has 7 heteroatoms. The number of aromatic nitrogens is 2. The number of aryl methyl sites for hydroxylation is 1. The van der Waals surface area contributed by atoms with E-state index in [1.807, 2.05) is 40.1 Å². The Bertz CT molecular complexity index is 730. The maximum atomic E-state index is 12.7. The Balaban J connectivity index is 1.69. The van der Waals surface area contributed by atoms with Gasteiger partial charge in [-0.1, -0.05) is 12.1 Å². The molecule has 6 nitrogen and oxygen atoms in total. The van der Waals surface area contributed by atoms with Gasteiger partial charge in [0.1, 0.15) is 6.10 Å². The lowest BCUT2D eigenvalue weighted by Gasteiger charge is -2.20. The van der Waals surface area contributed by atoms with Crippen LogP contribution in [0.2, 0.25) is 0 Å². The molecule has 1 aliphatic heterocycles. The second kappa shape index (κ2) is 8.03. The molecule has 0 fully saturated rings. The minimum absolute atomic E-state index is 0.0933. The second-order valence-corrected chi connectivity index (χ2v) is 7.06. The summed E-state index contributed by atoms with van der Waals surface area (Å²) in [5.41, 5.74) is 2.36. The van der Waals surface area contributed by atoms with Gasteiger partial charge in [-0.2, -0.15) is 5.10 Å². The van der Waals surface area contributed by atoms with E-state index in [0.717, 1.165) is 17.7 Å². The van der Waals surface area contributed by atoms with Gasteiger partial charge in [0.05, 0.1) is 31.0 Å². The summed E-state index contributed by atoms with van der Waals surface area (Å²) in [6.07, 6.45) is 2.26. The number of amides is 1. The van der Waals surface area contributed by atoms with Crippen LogP contribution in [0.15, 0.2) is 35.2 Å². The molecule has 0 spiro atoms. The van der Waals surface area contributed by atoms with E-state index >= 15 is 0 Å². The van der Waals surface area contributed by atoms with E-state index in [9.17, 15) is 9.90 Å². The molecule has 1 aliphatic rings. The Hall–Kier alpha value is -1.83. The van der Waals surface area contributed by atoms with Crippen LogP contribution in [0, 0.1) is 0 Å². The molecular weight excluding hydrogens is 338 g/mol. The predicted molar refractivity (Wildman–Crippen MR) is 96.2 cm³/mol. The lowest BCUT2D eigenvalue weighted by molar-refractivity contribution is -0.131. The van der Waals surface area contributed by atoms with Gasteiger partial charge in [-0.15, -0.1) is 11.8 Å². The van der Waals surface area contributed by atoms with Crippen LogP contribution in [0.3, 0.4) is 0 Å². The van der Waals surface area contributed by atoms with Gasteiger partial charge in [-0.3, -0.25) is 9.48 Å². The Morgan fingerprint density at radius 1 is 1.32 bits per heavy atom. The molecule has 25 heavy (non-hydrogen) atoms. The van der Waals surface area contributed by atoms with Gasteiger partial charge in [0.2, 0.25) is 5.91 Å². The number of carbonyl (C=O) groups excluding carboxylic acids is 1. The Morgan fingerprint density at radius 2 is 2.08 bits per heavy atom. The van der Waals surface area contributed by atoms with Gasteiger partial charge in [-0.05, 0) is 36.4 Å². The van der Waals surface area contributed by atoms with Gasteiger partial charge in [-0.25, -0.2) is 0 Å². The number of rotatable bonds is 5. The van der Waals surface area contributed by atoms with Gasteiger partial charge in [0.15, 0.2) is 0 Å².